The maximum absolute atomic E-state index is 12.7. The largest absolute Gasteiger partial charge is 0.508 e. The van der Waals surface area contributed by atoms with E-state index in [1.54, 1.807) is 36.2 Å². The van der Waals surface area contributed by atoms with E-state index in [-0.39, 0.29) is 29.6 Å². The Morgan fingerprint density at radius 3 is 2.75 bits per heavy atom. The van der Waals surface area contributed by atoms with E-state index in [1.807, 2.05) is 31.2 Å². The number of phenols is 1. The van der Waals surface area contributed by atoms with Crippen LogP contribution in [0.15, 0.2) is 48.5 Å². The number of phenolic OH excluding ortho intramolecular Hbond substituents is 1. The molecule has 6 heteroatoms. The van der Waals surface area contributed by atoms with Crippen LogP contribution in [0.5, 0.6) is 5.75 Å². The molecule has 0 aromatic heterocycles. The quantitative estimate of drug-likeness (QED) is 0.805. The van der Waals surface area contributed by atoms with E-state index >= 15 is 0 Å². The van der Waals surface area contributed by atoms with Crippen LogP contribution in [0, 0.1) is 12.8 Å². The van der Waals surface area contributed by atoms with Gasteiger partial charge >= 0.3 is 0 Å². The Bertz CT molecular complexity index is 852. The Morgan fingerprint density at radius 2 is 2.00 bits per heavy atom. The summed E-state index contributed by atoms with van der Waals surface area (Å²) in [5.74, 6) is -0.158. The molecule has 2 aromatic carbocycles. The van der Waals surface area contributed by atoms with Crippen molar-refractivity contribution in [2.45, 2.75) is 26.0 Å². The molecule has 0 unspecified atom stereocenters. The molecule has 2 aromatic rings. The van der Waals surface area contributed by atoms with E-state index in [9.17, 15) is 14.7 Å². The zero-order chi connectivity index (χ0) is 20.1. The van der Waals surface area contributed by atoms with Gasteiger partial charge in [-0.1, -0.05) is 29.8 Å². The highest BCUT2D eigenvalue weighted by molar-refractivity contribution is 5.94. The number of benzene rings is 2. The van der Waals surface area contributed by atoms with Crippen LogP contribution in [0.25, 0.3) is 0 Å². The van der Waals surface area contributed by atoms with Crippen molar-refractivity contribution in [3.8, 4) is 5.75 Å². The minimum Gasteiger partial charge on any atom is -0.508 e. The maximum Gasteiger partial charge on any atom is 0.251 e. The van der Waals surface area contributed by atoms with Crippen LogP contribution >= 0.6 is 0 Å². The number of nitrogens with zero attached hydrogens (tertiary/aromatic N) is 1. The molecule has 2 N–H and O–H groups in total. The Labute approximate surface area is 165 Å². The highest BCUT2D eigenvalue weighted by Crippen LogP contribution is 2.22. The van der Waals surface area contributed by atoms with Crippen molar-refractivity contribution in [2.24, 2.45) is 5.92 Å². The Kier molecular flexibility index (Phi) is 6.31. The van der Waals surface area contributed by atoms with Crippen LogP contribution in [0.2, 0.25) is 0 Å². The summed E-state index contributed by atoms with van der Waals surface area (Å²) in [6.45, 7) is 3.11. The third-order valence-corrected chi connectivity index (χ3v) is 4.91. The van der Waals surface area contributed by atoms with Gasteiger partial charge in [0, 0.05) is 25.7 Å². The predicted octanol–water partition coefficient (Wildman–Crippen LogP) is 2.49. The predicted molar refractivity (Wildman–Crippen MR) is 106 cm³/mol. The first-order valence-corrected chi connectivity index (χ1v) is 9.41. The van der Waals surface area contributed by atoms with Crippen molar-refractivity contribution < 1.29 is 19.4 Å². The summed E-state index contributed by atoms with van der Waals surface area (Å²) in [7, 11) is 1.75. The smallest absolute Gasteiger partial charge is 0.251 e. The number of aromatic hydroxyl groups is 1. The normalized spacial score (nSPS) is 18.6. The van der Waals surface area contributed by atoms with E-state index in [2.05, 4.69) is 5.32 Å². The van der Waals surface area contributed by atoms with Gasteiger partial charge in [-0.25, -0.2) is 0 Å². The van der Waals surface area contributed by atoms with Crippen LogP contribution in [0.4, 0.5) is 0 Å². The summed E-state index contributed by atoms with van der Waals surface area (Å²) >= 11 is 0. The fraction of sp³-hybridized carbons (Fsp3) is 0.364. The number of carbonyl (C=O) groups is 2. The molecule has 0 aliphatic carbocycles. The molecule has 1 fully saturated rings. The monoisotopic (exact) mass is 382 g/mol. The number of carbonyl (C=O) groups excluding carboxylic acids is 2. The molecule has 1 aliphatic rings. The standard InChI is InChI=1S/C22H26N2O4/c1-15-5-3-7-17(9-15)21(26)23-12-20-11-18(14-28-20)22(27)24(2)13-16-6-4-8-19(25)10-16/h3-10,18,20,25H,11-14H2,1-2H3,(H,23,26)/t18-,20-/m0/s1. The zero-order valence-electron chi connectivity index (χ0n) is 16.2. The molecule has 1 aliphatic heterocycles. The highest BCUT2D eigenvalue weighted by atomic mass is 16.5. The van der Waals surface area contributed by atoms with Gasteiger partial charge in [0.1, 0.15) is 5.75 Å². The SMILES string of the molecule is Cc1cccc(C(=O)NC[C@@H]2C[C@H](C(=O)N(C)Cc3cccc(O)c3)CO2)c1. The van der Waals surface area contributed by atoms with Gasteiger partial charge in [-0.3, -0.25) is 9.59 Å². The minimum absolute atomic E-state index is 0.0100. The van der Waals surface area contributed by atoms with E-state index in [0.717, 1.165) is 11.1 Å². The summed E-state index contributed by atoms with van der Waals surface area (Å²) in [5, 5.41) is 12.4. The van der Waals surface area contributed by atoms with Crippen LogP contribution in [-0.2, 0) is 16.1 Å². The number of aryl methyl sites for hydroxylation is 1. The molecule has 0 spiro atoms. The molecule has 2 amide bonds. The van der Waals surface area contributed by atoms with Crippen molar-refractivity contribution in [3.63, 3.8) is 0 Å². The Morgan fingerprint density at radius 1 is 1.21 bits per heavy atom. The first-order valence-electron chi connectivity index (χ1n) is 9.41. The third-order valence-electron chi connectivity index (χ3n) is 4.91. The second-order valence-electron chi connectivity index (χ2n) is 7.33. The molecular weight excluding hydrogens is 356 g/mol. The topological polar surface area (TPSA) is 78.9 Å². The average Bonchev–Trinajstić information content (AvgIpc) is 3.14. The van der Waals surface area contributed by atoms with E-state index < -0.39 is 0 Å². The summed E-state index contributed by atoms with van der Waals surface area (Å²) in [5.41, 5.74) is 2.53. The number of hydrogen-bond donors (Lipinski definition) is 2. The van der Waals surface area contributed by atoms with Crippen LogP contribution in [-0.4, -0.2) is 48.1 Å². The molecule has 1 saturated heterocycles. The second kappa shape index (κ2) is 8.89. The zero-order valence-corrected chi connectivity index (χ0v) is 16.2. The number of nitrogens with one attached hydrogen (secondary N) is 1. The van der Waals surface area contributed by atoms with Gasteiger partial charge in [0.25, 0.3) is 5.91 Å². The summed E-state index contributed by atoms with van der Waals surface area (Å²) in [6.07, 6.45) is 0.411. The fourth-order valence-corrected chi connectivity index (χ4v) is 3.43. The maximum atomic E-state index is 12.7. The molecule has 0 saturated carbocycles. The van der Waals surface area contributed by atoms with E-state index in [0.29, 0.717) is 31.7 Å². The van der Waals surface area contributed by atoms with Crippen molar-refractivity contribution >= 4 is 11.8 Å². The molecule has 1 heterocycles. The molecule has 6 nitrogen and oxygen atoms in total. The average molecular weight is 382 g/mol. The van der Waals surface area contributed by atoms with Crippen LogP contribution in [0.1, 0.15) is 27.9 Å². The Hall–Kier alpha value is -2.86. The van der Waals surface area contributed by atoms with Crippen molar-refractivity contribution in [3.05, 3.63) is 65.2 Å². The van der Waals surface area contributed by atoms with Gasteiger partial charge in [-0.15, -0.1) is 0 Å². The first kappa shape index (κ1) is 19.9. The molecule has 2 atom stereocenters. The van der Waals surface area contributed by atoms with Crippen molar-refractivity contribution in [1.29, 1.82) is 0 Å². The molecular formula is C22H26N2O4. The van der Waals surface area contributed by atoms with Crippen molar-refractivity contribution in [1.82, 2.24) is 10.2 Å². The van der Waals surface area contributed by atoms with Gasteiger partial charge in [0.2, 0.25) is 5.91 Å². The molecule has 148 valence electrons. The molecule has 0 bridgehead atoms. The summed E-state index contributed by atoms with van der Waals surface area (Å²) in [6, 6.07) is 14.3. The van der Waals surface area contributed by atoms with Gasteiger partial charge in [0.05, 0.1) is 18.6 Å². The van der Waals surface area contributed by atoms with E-state index in [1.165, 1.54) is 0 Å². The number of ether oxygens (including phenoxy) is 1. The lowest BCUT2D eigenvalue weighted by atomic mass is 10.0. The lowest BCUT2D eigenvalue weighted by Gasteiger charge is -2.20. The number of rotatable bonds is 6. The Balaban J connectivity index is 1.47. The lowest BCUT2D eigenvalue weighted by Crippen LogP contribution is -2.34. The van der Waals surface area contributed by atoms with Crippen molar-refractivity contribution in [2.75, 3.05) is 20.2 Å². The van der Waals surface area contributed by atoms with Gasteiger partial charge in [-0.2, -0.15) is 0 Å². The van der Waals surface area contributed by atoms with Crippen LogP contribution < -0.4 is 5.32 Å². The second-order valence-corrected chi connectivity index (χ2v) is 7.33. The summed E-state index contributed by atoms with van der Waals surface area (Å²) < 4.78 is 5.71. The number of hydrogen-bond acceptors (Lipinski definition) is 4. The van der Waals surface area contributed by atoms with Gasteiger partial charge in [-0.05, 0) is 43.2 Å². The first-order chi connectivity index (χ1) is 13.4. The minimum atomic E-state index is -0.219. The van der Waals surface area contributed by atoms with Gasteiger partial charge in [0.15, 0.2) is 0 Å². The highest BCUT2D eigenvalue weighted by Gasteiger charge is 2.32. The van der Waals surface area contributed by atoms with Gasteiger partial charge < -0.3 is 20.1 Å². The third kappa shape index (κ3) is 5.10. The lowest BCUT2D eigenvalue weighted by molar-refractivity contribution is -0.134. The van der Waals surface area contributed by atoms with Crippen LogP contribution in [0.3, 0.4) is 0 Å². The number of amides is 2. The molecule has 3 rings (SSSR count). The van der Waals surface area contributed by atoms with E-state index in [4.69, 9.17) is 4.74 Å². The fourth-order valence-electron chi connectivity index (χ4n) is 3.43. The summed E-state index contributed by atoms with van der Waals surface area (Å²) in [4.78, 5) is 26.6. The molecule has 0 radical (unpaired) electrons. The molecule has 28 heavy (non-hydrogen) atoms.